The van der Waals surface area contributed by atoms with Crippen LogP contribution in [0, 0.1) is 5.92 Å². The summed E-state index contributed by atoms with van der Waals surface area (Å²) in [5, 5.41) is 0. The van der Waals surface area contributed by atoms with Gasteiger partial charge in [-0.1, -0.05) is 12.1 Å². The van der Waals surface area contributed by atoms with Gasteiger partial charge in [0.15, 0.2) is 0 Å². The normalized spacial score (nSPS) is 15.8. The zero-order chi connectivity index (χ0) is 18.6. The Balaban J connectivity index is 1.56. The molecule has 1 fully saturated rings. The Morgan fingerprint density at radius 2 is 1.85 bits per heavy atom. The molecular formula is C19H25N3O3S. The summed E-state index contributed by atoms with van der Waals surface area (Å²) in [4.78, 5) is 6.75. The molecule has 1 aromatic carbocycles. The highest BCUT2D eigenvalue weighted by Crippen LogP contribution is 2.26. The third-order valence-corrected chi connectivity index (χ3v) is 6.32. The van der Waals surface area contributed by atoms with E-state index in [0.717, 1.165) is 43.9 Å². The van der Waals surface area contributed by atoms with Crippen LogP contribution in [0.3, 0.4) is 0 Å². The molecule has 0 radical (unpaired) electrons. The van der Waals surface area contributed by atoms with E-state index in [2.05, 4.69) is 26.7 Å². The molecule has 1 N–H and O–H groups in total. The number of anilines is 1. The van der Waals surface area contributed by atoms with E-state index >= 15 is 0 Å². The van der Waals surface area contributed by atoms with Crippen molar-refractivity contribution in [3.8, 4) is 5.75 Å². The van der Waals surface area contributed by atoms with Gasteiger partial charge in [-0.3, -0.25) is 0 Å². The van der Waals surface area contributed by atoms with Gasteiger partial charge in [-0.2, -0.15) is 0 Å². The Bertz CT molecular complexity index is 812. The van der Waals surface area contributed by atoms with Crippen molar-refractivity contribution in [2.75, 3.05) is 32.1 Å². The Hall–Kier alpha value is -2.12. The van der Waals surface area contributed by atoms with E-state index in [4.69, 9.17) is 4.74 Å². The van der Waals surface area contributed by atoms with Crippen LogP contribution in [0.4, 0.5) is 5.82 Å². The minimum absolute atomic E-state index is 0.193. The molecule has 1 aromatic heterocycles. The number of hydrogen-bond acceptors (Lipinski definition) is 5. The molecule has 0 amide bonds. The predicted octanol–water partition coefficient (Wildman–Crippen LogP) is 2.46. The lowest BCUT2D eigenvalue weighted by Gasteiger charge is -2.33. The fourth-order valence-electron chi connectivity index (χ4n) is 3.30. The minimum Gasteiger partial charge on any atom is -0.497 e. The highest BCUT2D eigenvalue weighted by molar-refractivity contribution is 7.89. The molecule has 0 aliphatic carbocycles. The van der Waals surface area contributed by atoms with Crippen LogP contribution in [-0.4, -0.2) is 40.6 Å². The first kappa shape index (κ1) is 18.7. The summed E-state index contributed by atoms with van der Waals surface area (Å²) in [5.74, 6) is 2.38. The SMILES string of the molecule is CNS(=O)(=O)c1ccc(N2CCC(Cc3ccc(OC)cc3)CC2)nc1. The summed E-state index contributed by atoms with van der Waals surface area (Å²) >= 11 is 0. The molecule has 1 aliphatic rings. The topological polar surface area (TPSA) is 71.5 Å². The van der Waals surface area contributed by atoms with Crippen molar-refractivity contribution in [1.82, 2.24) is 9.71 Å². The van der Waals surface area contributed by atoms with Crippen molar-refractivity contribution in [3.05, 3.63) is 48.2 Å². The van der Waals surface area contributed by atoms with Gasteiger partial charge in [0.2, 0.25) is 10.0 Å². The van der Waals surface area contributed by atoms with Crippen LogP contribution in [-0.2, 0) is 16.4 Å². The van der Waals surface area contributed by atoms with Crippen molar-refractivity contribution < 1.29 is 13.2 Å². The van der Waals surface area contributed by atoms with E-state index in [1.165, 1.54) is 18.8 Å². The lowest BCUT2D eigenvalue weighted by molar-refractivity contribution is 0.400. The second-order valence-electron chi connectivity index (χ2n) is 6.54. The highest BCUT2D eigenvalue weighted by Gasteiger charge is 2.21. The number of aromatic nitrogens is 1. The molecule has 140 valence electrons. The van der Waals surface area contributed by atoms with Crippen molar-refractivity contribution in [2.45, 2.75) is 24.2 Å². The third-order valence-electron chi connectivity index (χ3n) is 4.92. The smallest absolute Gasteiger partial charge is 0.241 e. The quantitative estimate of drug-likeness (QED) is 0.840. The molecule has 0 unspecified atom stereocenters. The maximum atomic E-state index is 11.8. The fraction of sp³-hybridized carbons (Fsp3) is 0.421. The first-order valence-electron chi connectivity index (χ1n) is 8.79. The molecule has 2 heterocycles. The average Bonchev–Trinajstić information content (AvgIpc) is 2.69. The molecule has 0 atom stereocenters. The molecule has 0 bridgehead atoms. The van der Waals surface area contributed by atoms with E-state index in [0.29, 0.717) is 5.92 Å². The summed E-state index contributed by atoms with van der Waals surface area (Å²) in [5.41, 5.74) is 1.34. The van der Waals surface area contributed by atoms with Crippen molar-refractivity contribution in [1.29, 1.82) is 0 Å². The summed E-state index contributed by atoms with van der Waals surface area (Å²) in [6.45, 7) is 1.87. The average molecular weight is 375 g/mol. The van der Waals surface area contributed by atoms with E-state index in [-0.39, 0.29) is 4.90 Å². The first-order valence-corrected chi connectivity index (χ1v) is 10.3. The summed E-state index contributed by atoms with van der Waals surface area (Å²) in [6, 6.07) is 11.7. The summed E-state index contributed by atoms with van der Waals surface area (Å²) in [6.07, 6.45) is 4.70. The van der Waals surface area contributed by atoms with E-state index in [1.807, 2.05) is 12.1 Å². The number of nitrogens with zero attached hydrogens (tertiary/aromatic N) is 2. The lowest BCUT2D eigenvalue weighted by Crippen LogP contribution is -2.34. The number of rotatable bonds is 6. The van der Waals surface area contributed by atoms with Gasteiger partial charge in [0.25, 0.3) is 0 Å². The van der Waals surface area contributed by atoms with Gasteiger partial charge in [-0.25, -0.2) is 18.1 Å². The standard InChI is InChI=1S/C19H25N3O3S/c1-20-26(23,24)18-7-8-19(21-14-18)22-11-9-16(10-12-22)13-15-3-5-17(25-2)6-4-15/h3-8,14,16,20H,9-13H2,1-2H3. The van der Waals surface area contributed by atoms with Gasteiger partial charge in [0, 0.05) is 19.3 Å². The number of ether oxygens (including phenoxy) is 1. The molecule has 1 aliphatic heterocycles. The maximum Gasteiger partial charge on any atom is 0.241 e. The zero-order valence-electron chi connectivity index (χ0n) is 15.2. The largest absolute Gasteiger partial charge is 0.497 e. The molecular weight excluding hydrogens is 350 g/mol. The number of piperidine rings is 1. The predicted molar refractivity (Wildman–Crippen MR) is 102 cm³/mol. The van der Waals surface area contributed by atoms with Gasteiger partial charge in [-0.15, -0.1) is 0 Å². The molecule has 1 saturated heterocycles. The molecule has 26 heavy (non-hydrogen) atoms. The van der Waals surface area contributed by atoms with E-state index < -0.39 is 10.0 Å². The van der Waals surface area contributed by atoms with E-state index in [1.54, 1.807) is 19.2 Å². The number of pyridine rings is 1. The Kier molecular flexibility index (Phi) is 5.78. The van der Waals surface area contributed by atoms with Crippen LogP contribution < -0.4 is 14.4 Å². The minimum atomic E-state index is -3.43. The van der Waals surface area contributed by atoms with Gasteiger partial charge in [-0.05, 0) is 62.1 Å². The summed E-state index contributed by atoms with van der Waals surface area (Å²) in [7, 11) is -0.354. The highest BCUT2D eigenvalue weighted by atomic mass is 32.2. The monoisotopic (exact) mass is 375 g/mol. The van der Waals surface area contributed by atoms with Crippen LogP contribution in [0.1, 0.15) is 18.4 Å². The second-order valence-corrected chi connectivity index (χ2v) is 8.43. The number of benzene rings is 1. The van der Waals surface area contributed by atoms with Crippen LogP contribution in [0.5, 0.6) is 5.75 Å². The molecule has 0 spiro atoms. The Morgan fingerprint density at radius 1 is 1.15 bits per heavy atom. The number of sulfonamides is 1. The second kappa shape index (κ2) is 8.05. The zero-order valence-corrected chi connectivity index (χ0v) is 16.0. The molecule has 0 saturated carbocycles. The van der Waals surface area contributed by atoms with Gasteiger partial charge >= 0.3 is 0 Å². The Morgan fingerprint density at radius 3 is 2.38 bits per heavy atom. The number of nitrogens with one attached hydrogen (secondary N) is 1. The number of methoxy groups -OCH3 is 1. The van der Waals surface area contributed by atoms with Gasteiger partial charge < -0.3 is 9.64 Å². The fourth-order valence-corrected chi connectivity index (χ4v) is 3.97. The molecule has 3 rings (SSSR count). The van der Waals surface area contributed by atoms with Gasteiger partial charge in [0.1, 0.15) is 16.5 Å². The van der Waals surface area contributed by atoms with Gasteiger partial charge in [0.05, 0.1) is 7.11 Å². The maximum absolute atomic E-state index is 11.8. The number of hydrogen-bond donors (Lipinski definition) is 1. The van der Waals surface area contributed by atoms with Crippen molar-refractivity contribution in [3.63, 3.8) is 0 Å². The molecule has 7 heteroatoms. The molecule has 2 aromatic rings. The lowest BCUT2D eigenvalue weighted by atomic mass is 9.90. The van der Waals surface area contributed by atoms with Crippen LogP contribution in [0.15, 0.2) is 47.5 Å². The first-order chi connectivity index (χ1) is 12.5. The molecule has 6 nitrogen and oxygen atoms in total. The van der Waals surface area contributed by atoms with E-state index in [9.17, 15) is 8.42 Å². The van der Waals surface area contributed by atoms with Crippen LogP contribution in [0.25, 0.3) is 0 Å². The van der Waals surface area contributed by atoms with Crippen molar-refractivity contribution in [2.24, 2.45) is 5.92 Å². The van der Waals surface area contributed by atoms with Crippen molar-refractivity contribution >= 4 is 15.8 Å². The van der Waals surface area contributed by atoms with Crippen LogP contribution in [0.2, 0.25) is 0 Å². The third kappa shape index (κ3) is 4.34. The summed E-state index contributed by atoms with van der Waals surface area (Å²) < 4.78 is 31.1. The Labute approximate surface area is 155 Å². The van der Waals surface area contributed by atoms with Crippen LogP contribution >= 0.6 is 0 Å².